The Balaban J connectivity index is 2.18. The van der Waals surface area contributed by atoms with E-state index >= 15 is 0 Å². The van der Waals surface area contributed by atoms with Gasteiger partial charge in [-0.3, -0.25) is 4.79 Å². The molecule has 90 valence electrons. The number of rotatable bonds is 3. The van der Waals surface area contributed by atoms with E-state index in [-0.39, 0.29) is 11.4 Å². The number of benzene rings is 1. The lowest BCUT2D eigenvalue weighted by Gasteiger charge is -2.39. The van der Waals surface area contributed by atoms with Crippen molar-refractivity contribution >= 4 is 12.0 Å². The van der Waals surface area contributed by atoms with Crippen molar-refractivity contribution in [2.24, 2.45) is 0 Å². The number of carbonyl (C=O) groups excluding carboxylic acids is 1. The van der Waals surface area contributed by atoms with Gasteiger partial charge < -0.3 is 5.32 Å². The highest BCUT2D eigenvalue weighted by Crippen LogP contribution is 2.31. The fourth-order valence-corrected chi connectivity index (χ4v) is 2.24. The summed E-state index contributed by atoms with van der Waals surface area (Å²) in [6.45, 7) is 7.85. The lowest BCUT2D eigenvalue weighted by molar-refractivity contribution is 0.0850. The zero-order chi connectivity index (χ0) is 12.5. The van der Waals surface area contributed by atoms with E-state index in [0.29, 0.717) is 0 Å². The van der Waals surface area contributed by atoms with Crippen LogP contribution < -0.4 is 5.32 Å². The van der Waals surface area contributed by atoms with Gasteiger partial charge in [0.2, 0.25) is 0 Å². The van der Waals surface area contributed by atoms with E-state index in [9.17, 15) is 4.79 Å². The molecule has 1 saturated carbocycles. The molecule has 2 nitrogen and oxygen atoms in total. The number of nitrogens with one attached hydrogen (secondary N) is 1. The second kappa shape index (κ2) is 4.36. The lowest BCUT2D eigenvalue weighted by atomic mass is 9.78. The molecule has 0 aromatic heterocycles. The Morgan fingerprint density at radius 3 is 2.65 bits per heavy atom. The summed E-state index contributed by atoms with van der Waals surface area (Å²) >= 11 is 0. The van der Waals surface area contributed by atoms with Crippen LogP contribution in [0.25, 0.3) is 6.08 Å². The minimum absolute atomic E-state index is 0.00910. The van der Waals surface area contributed by atoms with E-state index in [2.05, 4.69) is 18.8 Å². The van der Waals surface area contributed by atoms with Gasteiger partial charge in [-0.1, -0.05) is 18.7 Å². The Kier molecular flexibility index (Phi) is 3.05. The summed E-state index contributed by atoms with van der Waals surface area (Å²) in [5, 5.41) is 3.11. The summed E-state index contributed by atoms with van der Waals surface area (Å²) in [6, 6.07) is 5.83. The topological polar surface area (TPSA) is 29.1 Å². The first-order valence-electron chi connectivity index (χ1n) is 6.09. The zero-order valence-corrected chi connectivity index (χ0v) is 10.5. The van der Waals surface area contributed by atoms with Gasteiger partial charge in [-0.05, 0) is 56.4 Å². The van der Waals surface area contributed by atoms with Crippen LogP contribution in [0.3, 0.4) is 0 Å². The molecule has 0 aliphatic heterocycles. The number of hydrogen-bond donors (Lipinski definition) is 1. The molecular formula is C15H19NO. The normalized spacial score (nSPS) is 17.1. The standard InChI is InChI=1S/C15H19NO/c1-4-12-8-11(2)9-13(10-12)14(17)16-15(3)6-5-7-15/h4,8-10H,1,5-7H2,2-3H3,(H,16,17). The monoisotopic (exact) mass is 229 g/mol. The third kappa shape index (κ3) is 2.57. The maximum Gasteiger partial charge on any atom is 0.251 e. The van der Waals surface area contributed by atoms with Gasteiger partial charge in [0.15, 0.2) is 0 Å². The molecule has 2 rings (SSSR count). The minimum Gasteiger partial charge on any atom is -0.347 e. The average Bonchev–Trinajstić information content (AvgIpc) is 2.26. The van der Waals surface area contributed by atoms with Gasteiger partial charge in [0.1, 0.15) is 0 Å². The second-order valence-electron chi connectivity index (χ2n) is 5.20. The zero-order valence-electron chi connectivity index (χ0n) is 10.5. The first-order valence-corrected chi connectivity index (χ1v) is 6.09. The van der Waals surface area contributed by atoms with E-state index < -0.39 is 0 Å². The maximum absolute atomic E-state index is 12.1. The lowest BCUT2D eigenvalue weighted by Crippen LogP contribution is -2.50. The van der Waals surface area contributed by atoms with Gasteiger partial charge in [0, 0.05) is 11.1 Å². The highest BCUT2D eigenvalue weighted by Gasteiger charge is 2.33. The van der Waals surface area contributed by atoms with Crippen LogP contribution in [0.4, 0.5) is 0 Å². The van der Waals surface area contributed by atoms with Crippen molar-refractivity contribution in [3.05, 3.63) is 41.5 Å². The van der Waals surface area contributed by atoms with Gasteiger partial charge in [0.05, 0.1) is 0 Å². The van der Waals surface area contributed by atoms with Crippen LogP contribution in [-0.4, -0.2) is 11.4 Å². The largest absolute Gasteiger partial charge is 0.347 e. The fraction of sp³-hybridized carbons (Fsp3) is 0.400. The Hall–Kier alpha value is -1.57. The highest BCUT2D eigenvalue weighted by molar-refractivity contribution is 5.95. The summed E-state index contributed by atoms with van der Waals surface area (Å²) in [5.74, 6) is 0.0269. The van der Waals surface area contributed by atoms with E-state index in [1.165, 1.54) is 6.42 Å². The molecule has 1 amide bonds. The Labute approximate surface area is 103 Å². The van der Waals surface area contributed by atoms with Crippen molar-refractivity contribution in [1.82, 2.24) is 5.32 Å². The molecule has 0 unspecified atom stereocenters. The predicted molar refractivity (Wildman–Crippen MR) is 71.0 cm³/mol. The van der Waals surface area contributed by atoms with Crippen LogP contribution in [0.5, 0.6) is 0 Å². The first kappa shape index (κ1) is 11.9. The van der Waals surface area contributed by atoms with E-state index in [0.717, 1.165) is 29.5 Å². The molecule has 1 aliphatic rings. The Morgan fingerprint density at radius 2 is 2.12 bits per heavy atom. The van der Waals surface area contributed by atoms with Gasteiger partial charge in [-0.15, -0.1) is 0 Å². The molecule has 1 aromatic rings. The molecule has 0 spiro atoms. The summed E-state index contributed by atoms with van der Waals surface area (Å²) in [7, 11) is 0. The van der Waals surface area contributed by atoms with Crippen molar-refractivity contribution in [1.29, 1.82) is 0 Å². The highest BCUT2D eigenvalue weighted by atomic mass is 16.1. The van der Waals surface area contributed by atoms with Gasteiger partial charge in [-0.25, -0.2) is 0 Å². The molecule has 1 aliphatic carbocycles. The Bertz CT molecular complexity index is 458. The second-order valence-corrected chi connectivity index (χ2v) is 5.20. The van der Waals surface area contributed by atoms with Crippen LogP contribution in [-0.2, 0) is 0 Å². The molecule has 0 heterocycles. The molecule has 0 saturated heterocycles. The van der Waals surface area contributed by atoms with Gasteiger partial charge in [-0.2, -0.15) is 0 Å². The van der Waals surface area contributed by atoms with E-state index in [1.54, 1.807) is 6.08 Å². The molecule has 0 radical (unpaired) electrons. The van der Waals surface area contributed by atoms with Crippen LogP contribution in [0.2, 0.25) is 0 Å². The average molecular weight is 229 g/mol. The molecule has 0 atom stereocenters. The van der Waals surface area contributed by atoms with Gasteiger partial charge >= 0.3 is 0 Å². The number of hydrogen-bond acceptors (Lipinski definition) is 1. The molecule has 1 N–H and O–H groups in total. The van der Waals surface area contributed by atoms with Crippen LogP contribution in [0.15, 0.2) is 24.8 Å². The number of amides is 1. The minimum atomic E-state index is 0.00910. The quantitative estimate of drug-likeness (QED) is 0.846. The van der Waals surface area contributed by atoms with E-state index in [4.69, 9.17) is 0 Å². The molecular weight excluding hydrogens is 210 g/mol. The molecule has 2 heteroatoms. The van der Waals surface area contributed by atoms with Crippen molar-refractivity contribution in [2.75, 3.05) is 0 Å². The maximum atomic E-state index is 12.1. The smallest absolute Gasteiger partial charge is 0.251 e. The first-order chi connectivity index (χ1) is 8.02. The number of aryl methyl sites for hydroxylation is 1. The number of carbonyl (C=O) groups is 1. The third-order valence-corrected chi connectivity index (χ3v) is 3.47. The summed E-state index contributed by atoms with van der Waals surface area (Å²) in [4.78, 5) is 12.1. The van der Waals surface area contributed by atoms with Crippen molar-refractivity contribution < 1.29 is 4.79 Å². The summed E-state index contributed by atoms with van der Waals surface area (Å²) in [5.41, 5.74) is 2.82. The molecule has 0 bridgehead atoms. The Morgan fingerprint density at radius 1 is 1.41 bits per heavy atom. The van der Waals surface area contributed by atoms with Gasteiger partial charge in [0.25, 0.3) is 5.91 Å². The summed E-state index contributed by atoms with van der Waals surface area (Å²) < 4.78 is 0. The SMILES string of the molecule is C=Cc1cc(C)cc(C(=O)NC2(C)CCC2)c1. The third-order valence-electron chi connectivity index (χ3n) is 3.47. The van der Waals surface area contributed by atoms with E-state index in [1.807, 2.05) is 25.1 Å². The predicted octanol–water partition coefficient (Wildman–Crippen LogP) is 3.31. The van der Waals surface area contributed by atoms with Crippen molar-refractivity contribution in [2.45, 2.75) is 38.6 Å². The van der Waals surface area contributed by atoms with Crippen molar-refractivity contribution in [3.8, 4) is 0 Å². The van der Waals surface area contributed by atoms with Crippen LogP contribution >= 0.6 is 0 Å². The van der Waals surface area contributed by atoms with Crippen molar-refractivity contribution in [3.63, 3.8) is 0 Å². The van der Waals surface area contributed by atoms with Crippen LogP contribution in [0.1, 0.15) is 47.7 Å². The molecule has 17 heavy (non-hydrogen) atoms. The molecule has 1 fully saturated rings. The molecule has 1 aromatic carbocycles. The fourth-order valence-electron chi connectivity index (χ4n) is 2.24. The van der Waals surface area contributed by atoms with Crippen LogP contribution in [0, 0.1) is 6.92 Å². The summed E-state index contributed by atoms with van der Waals surface area (Å²) in [6.07, 6.45) is 5.15.